The summed E-state index contributed by atoms with van der Waals surface area (Å²) in [7, 11) is -3.67. The molecule has 1 aliphatic rings. The van der Waals surface area contributed by atoms with Crippen molar-refractivity contribution in [2.45, 2.75) is 6.10 Å². The molecule has 0 radical (unpaired) electrons. The van der Waals surface area contributed by atoms with E-state index in [-0.39, 0.29) is 88.7 Å². The van der Waals surface area contributed by atoms with Crippen molar-refractivity contribution in [1.82, 2.24) is 15.5 Å². The van der Waals surface area contributed by atoms with Crippen LogP contribution in [-0.4, -0.2) is 48.5 Å². The minimum absolute atomic E-state index is 0. The van der Waals surface area contributed by atoms with E-state index in [0.717, 1.165) is 16.1 Å². The zero-order chi connectivity index (χ0) is 23.5. The number of cyclic esters (lactones) is 1. The summed E-state index contributed by atoms with van der Waals surface area (Å²) in [5.74, 6) is 5.04. The molecule has 1 fully saturated rings. The molecule has 1 saturated heterocycles. The monoisotopic (exact) mass is 513 g/mol. The SMILES string of the molecule is CN(N)NC(N)=Nc1ccc(-c2ccc(N3C[C@H](COP(=O)([O-])[O-])OC3=O)cc2F)cn1.[Na+].[Na+]. The van der Waals surface area contributed by atoms with Gasteiger partial charge in [-0.2, -0.15) is 10.1 Å². The van der Waals surface area contributed by atoms with E-state index in [1.165, 1.54) is 31.4 Å². The van der Waals surface area contributed by atoms with Gasteiger partial charge >= 0.3 is 65.2 Å². The number of pyridine rings is 1. The molecule has 0 unspecified atom stereocenters. The van der Waals surface area contributed by atoms with Crippen molar-refractivity contribution in [2.75, 3.05) is 25.1 Å². The Morgan fingerprint density at radius 2 is 2.12 bits per heavy atom. The molecule has 3 rings (SSSR count). The number of nitrogens with one attached hydrogen (secondary N) is 1. The van der Waals surface area contributed by atoms with Gasteiger partial charge < -0.3 is 29.3 Å². The number of aromatic nitrogens is 1. The average molecular weight is 513 g/mol. The maximum atomic E-state index is 14.7. The molecule has 1 atom stereocenters. The molecule has 1 aliphatic heterocycles. The first kappa shape index (κ1) is 30.9. The van der Waals surface area contributed by atoms with Gasteiger partial charge in [-0.1, -0.05) is 0 Å². The predicted molar refractivity (Wildman–Crippen MR) is 107 cm³/mol. The van der Waals surface area contributed by atoms with Gasteiger partial charge in [0.25, 0.3) is 0 Å². The first-order chi connectivity index (χ1) is 15.0. The van der Waals surface area contributed by atoms with Crippen molar-refractivity contribution in [1.29, 1.82) is 0 Å². The van der Waals surface area contributed by atoms with Gasteiger partial charge in [0.2, 0.25) is 5.96 Å². The number of benzene rings is 1. The second kappa shape index (κ2) is 13.3. The molecule has 0 bridgehead atoms. The molecule has 13 nitrogen and oxygen atoms in total. The van der Waals surface area contributed by atoms with E-state index in [2.05, 4.69) is 19.9 Å². The fourth-order valence-corrected chi connectivity index (χ4v) is 3.19. The Bertz CT molecular complexity index is 1070. The third kappa shape index (κ3) is 8.82. The average Bonchev–Trinajstić information content (AvgIpc) is 3.07. The first-order valence-corrected chi connectivity index (χ1v) is 10.5. The van der Waals surface area contributed by atoms with Gasteiger partial charge in [0.05, 0.1) is 26.7 Å². The molecule has 2 heterocycles. The maximum Gasteiger partial charge on any atom is 1.00 e. The van der Waals surface area contributed by atoms with Crippen molar-refractivity contribution >= 4 is 31.4 Å². The van der Waals surface area contributed by atoms with Crippen LogP contribution < -0.4 is 90.8 Å². The molecule has 0 aliphatic carbocycles. The van der Waals surface area contributed by atoms with Gasteiger partial charge in [-0.05, 0) is 30.3 Å². The Kier molecular flexibility index (Phi) is 12.0. The molecule has 1 amide bonds. The van der Waals surface area contributed by atoms with Crippen molar-refractivity contribution in [3.05, 3.63) is 42.3 Å². The number of aliphatic imine (C=N–C) groups is 1. The van der Waals surface area contributed by atoms with Crippen LogP contribution in [0, 0.1) is 5.82 Å². The van der Waals surface area contributed by atoms with Crippen molar-refractivity contribution in [3.63, 3.8) is 0 Å². The molecule has 0 spiro atoms. The van der Waals surface area contributed by atoms with Gasteiger partial charge in [0.15, 0.2) is 5.82 Å². The van der Waals surface area contributed by atoms with Crippen LogP contribution in [0.4, 0.5) is 20.7 Å². The molecule has 1 aromatic carbocycles. The molecule has 0 saturated carbocycles. The molecular weight excluding hydrogens is 494 g/mol. The van der Waals surface area contributed by atoms with Crippen LogP contribution in [0.5, 0.6) is 0 Å². The topological polar surface area (TPSA) is 195 Å². The van der Waals surface area contributed by atoms with E-state index in [1.807, 2.05) is 0 Å². The number of hydrazine groups is 2. The van der Waals surface area contributed by atoms with Crippen LogP contribution in [0.1, 0.15) is 0 Å². The predicted octanol–water partition coefficient (Wildman–Crippen LogP) is -6.68. The summed E-state index contributed by atoms with van der Waals surface area (Å²) >= 11 is 0. The number of guanidine groups is 1. The number of phosphoric acid groups is 1. The van der Waals surface area contributed by atoms with E-state index in [0.29, 0.717) is 5.56 Å². The Labute approximate surface area is 238 Å². The second-order valence-electron chi connectivity index (χ2n) is 6.65. The third-order valence-corrected chi connectivity index (χ3v) is 4.61. The van der Waals surface area contributed by atoms with Gasteiger partial charge in [-0.3, -0.25) is 16.2 Å². The number of anilines is 1. The molecule has 34 heavy (non-hydrogen) atoms. The number of nitrogens with zero attached hydrogens (tertiary/aromatic N) is 4. The van der Waals surface area contributed by atoms with Crippen LogP contribution in [0.2, 0.25) is 0 Å². The Morgan fingerprint density at radius 3 is 2.68 bits per heavy atom. The quantitative estimate of drug-likeness (QED) is 0.0795. The summed E-state index contributed by atoms with van der Waals surface area (Å²) in [6.45, 7) is -0.728. The number of amides is 1. The van der Waals surface area contributed by atoms with Gasteiger partial charge in [0, 0.05) is 24.4 Å². The van der Waals surface area contributed by atoms with Gasteiger partial charge in [-0.25, -0.2) is 14.2 Å². The Hall–Kier alpha value is -1.13. The summed E-state index contributed by atoms with van der Waals surface area (Å²) in [6.07, 6.45) is -0.409. The summed E-state index contributed by atoms with van der Waals surface area (Å²) in [4.78, 5) is 42.4. The minimum atomic E-state index is -5.20. The van der Waals surface area contributed by atoms with Crippen LogP contribution in [-0.2, 0) is 13.8 Å². The molecule has 172 valence electrons. The van der Waals surface area contributed by atoms with Crippen molar-refractivity contribution in [3.8, 4) is 11.1 Å². The smallest absolute Gasteiger partial charge is 0.790 e. The van der Waals surface area contributed by atoms with Crippen LogP contribution in [0.3, 0.4) is 0 Å². The molecule has 17 heteroatoms. The summed E-state index contributed by atoms with van der Waals surface area (Å²) in [5.41, 5.74) is 9.04. The molecule has 1 aromatic heterocycles. The van der Waals surface area contributed by atoms with Gasteiger partial charge in [-0.15, -0.1) is 0 Å². The van der Waals surface area contributed by atoms with Crippen molar-refractivity contribution in [2.24, 2.45) is 16.6 Å². The summed E-state index contributed by atoms with van der Waals surface area (Å²) < 4.78 is 34.4. The normalized spacial score (nSPS) is 16.1. The second-order valence-corrected chi connectivity index (χ2v) is 7.80. The largest absolute Gasteiger partial charge is 1.00 e. The number of ether oxygens (including phenoxy) is 1. The van der Waals surface area contributed by atoms with E-state index in [9.17, 15) is 23.5 Å². The van der Waals surface area contributed by atoms with Crippen molar-refractivity contribution < 1.29 is 91.9 Å². The molecular formula is C17H19FN7Na2O6P. The minimum Gasteiger partial charge on any atom is -0.790 e. The number of phosphoric ester groups is 1. The summed E-state index contributed by atoms with van der Waals surface area (Å²) in [5, 5.41) is 1.11. The number of hydrogen-bond donors (Lipinski definition) is 3. The van der Waals surface area contributed by atoms with E-state index >= 15 is 0 Å². The van der Waals surface area contributed by atoms with E-state index in [1.54, 1.807) is 6.07 Å². The zero-order valence-electron chi connectivity index (χ0n) is 18.7. The van der Waals surface area contributed by atoms with E-state index < -0.39 is 32.4 Å². The van der Waals surface area contributed by atoms with Crippen LogP contribution in [0.15, 0.2) is 41.5 Å². The number of nitrogens with two attached hydrogens (primary N) is 2. The number of rotatable bonds is 7. The number of hydrogen-bond acceptors (Lipinski definition) is 10. The van der Waals surface area contributed by atoms with Crippen LogP contribution >= 0.6 is 7.82 Å². The Morgan fingerprint density at radius 1 is 1.41 bits per heavy atom. The number of halogens is 1. The summed E-state index contributed by atoms with van der Waals surface area (Å²) in [6, 6.07) is 7.17. The third-order valence-electron chi connectivity index (χ3n) is 4.14. The fraction of sp³-hybridized carbons (Fsp3) is 0.235. The van der Waals surface area contributed by atoms with Gasteiger partial charge in [0.1, 0.15) is 11.9 Å². The Balaban J connectivity index is 0.00000289. The molecule has 2 aromatic rings. The fourth-order valence-electron chi connectivity index (χ4n) is 2.84. The first-order valence-electron chi connectivity index (χ1n) is 9.02. The zero-order valence-corrected chi connectivity index (χ0v) is 23.6. The van der Waals surface area contributed by atoms with Crippen LogP contribution in [0.25, 0.3) is 11.1 Å². The number of carbonyl (C=O) groups is 1. The van der Waals surface area contributed by atoms with E-state index in [4.69, 9.17) is 16.3 Å². The standard InChI is InChI=1S/C17H21FN7O6P.2Na/c1-24(20)23-16(19)22-15-5-2-10(7-21-15)13-4-3-11(6-14(13)18)25-8-12(31-17(25)26)9-30-32(27,28)29;;/h2-7,12H,8-9,20H2,1H3,(H2,27,28,29)(H3,19,21,22,23);;/q;2*+1/p-2/t12-;;/m1../s1. The maximum absolute atomic E-state index is 14.7. The number of carbonyl (C=O) groups excluding carboxylic acids is 1. The molecule has 5 N–H and O–H groups in total.